The maximum atomic E-state index is 3.80. The molecule has 2 aliphatic rings. The van der Waals surface area contributed by atoms with Crippen LogP contribution in [0.25, 0.3) is 0 Å². The summed E-state index contributed by atoms with van der Waals surface area (Å²) in [6.45, 7) is 7.45. The molecule has 20 heavy (non-hydrogen) atoms. The van der Waals surface area contributed by atoms with E-state index in [1.165, 1.54) is 55.9 Å². The first-order valence-corrected chi connectivity index (χ1v) is 9.78. The number of nitrogens with zero attached hydrogens (tertiary/aromatic N) is 1. The number of likely N-dealkylation sites (tertiary alicyclic amines) is 1. The van der Waals surface area contributed by atoms with Crippen molar-refractivity contribution in [1.29, 1.82) is 0 Å². The van der Waals surface area contributed by atoms with E-state index in [-0.39, 0.29) is 0 Å². The fourth-order valence-corrected chi connectivity index (χ4v) is 5.87. The quantitative estimate of drug-likeness (QED) is 0.823. The topological polar surface area (TPSA) is 15.3 Å². The highest BCUT2D eigenvalue weighted by atomic mass is 32.2. The Morgan fingerprint density at radius 1 is 1.30 bits per heavy atom. The van der Waals surface area contributed by atoms with Crippen LogP contribution >= 0.6 is 23.1 Å². The molecule has 0 radical (unpaired) electrons. The first-order chi connectivity index (χ1) is 9.83. The average Bonchev–Trinajstić information content (AvgIpc) is 2.92. The van der Waals surface area contributed by atoms with Crippen molar-refractivity contribution in [3.63, 3.8) is 0 Å². The summed E-state index contributed by atoms with van der Waals surface area (Å²) < 4.78 is 1.54. The van der Waals surface area contributed by atoms with Gasteiger partial charge in [0.25, 0.3) is 0 Å². The summed E-state index contributed by atoms with van der Waals surface area (Å²) in [6.07, 6.45) is 6.81. The molecule has 0 aromatic carbocycles. The lowest BCUT2D eigenvalue weighted by atomic mass is 10.0. The maximum Gasteiger partial charge on any atom is 0.0649 e. The van der Waals surface area contributed by atoms with Gasteiger partial charge in [0, 0.05) is 11.3 Å². The van der Waals surface area contributed by atoms with E-state index in [1.807, 2.05) is 11.3 Å². The average molecular weight is 311 g/mol. The van der Waals surface area contributed by atoms with E-state index in [0.29, 0.717) is 6.04 Å². The Balaban J connectivity index is 1.42. The minimum absolute atomic E-state index is 0.592. The predicted octanol–water partition coefficient (Wildman–Crippen LogP) is 4.14. The molecule has 1 aromatic heterocycles. The van der Waals surface area contributed by atoms with Crippen LogP contribution in [0.2, 0.25) is 0 Å². The smallest absolute Gasteiger partial charge is 0.0649 e. The first kappa shape index (κ1) is 14.9. The lowest BCUT2D eigenvalue weighted by Gasteiger charge is -2.29. The summed E-state index contributed by atoms with van der Waals surface area (Å²) in [6, 6.07) is 2.91. The van der Waals surface area contributed by atoms with Gasteiger partial charge in [-0.25, -0.2) is 0 Å². The van der Waals surface area contributed by atoms with E-state index in [0.717, 1.165) is 11.8 Å². The maximum absolute atomic E-state index is 3.80. The zero-order valence-electron chi connectivity index (χ0n) is 12.4. The minimum atomic E-state index is 0.592. The van der Waals surface area contributed by atoms with Crippen molar-refractivity contribution in [2.45, 2.75) is 54.5 Å². The fraction of sp³-hybridized carbons (Fsp3) is 0.750. The number of rotatable bonds is 5. The number of thiophene rings is 1. The summed E-state index contributed by atoms with van der Waals surface area (Å²) in [7, 11) is 0. The Hall–Kier alpha value is -0.0300. The summed E-state index contributed by atoms with van der Waals surface area (Å²) >= 11 is 3.96. The van der Waals surface area contributed by atoms with E-state index >= 15 is 0 Å². The van der Waals surface area contributed by atoms with Crippen LogP contribution in [0.1, 0.15) is 50.6 Å². The monoisotopic (exact) mass is 310 g/mol. The highest BCUT2D eigenvalue weighted by molar-refractivity contribution is 8.01. The molecule has 2 nitrogen and oxygen atoms in total. The van der Waals surface area contributed by atoms with Crippen molar-refractivity contribution in [3.05, 3.63) is 17.0 Å². The molecule has 0 aliphatic carbocycles. The third kappa shape index (κ3) is 3.79. The Bertz CT molecular complexity index is 412. The molecule has 3 rings (SSSR count). The van der Waals surface area contributed by atoms with Crippen LogP contribution < -0.4 is 5.32 Å². The SMILES string of the molecule is C[C@H]1CC(NCCCN2CCCCC2)c2ccsc2S1. The van der Waals surface area contributed by atoms with Gasteiger partial charge >= 0.3 is 0 Å². The van der Waals surface area contributed by atoms with Crippen LogP contribution in [-0.4, -0.2) is 36.3 Å². The zero-order chi connectivity index (χ0) is 13.8. The Kier molecular flexibility index (Phi) is 5.43. The van der Waals surface area contributed by atoms with Crippen molar-refractivity contribution >= 4 is 23.1 Å². The van der Waals surface area contributed by atoms with E-state index < -0.39 is 0 Å². The van der Waals surface area contributed by atoms with Crippen molar-refractivity contribution in [2.24, 2.45) is 0 Å². The normalized spacial score (nSPS) is 27.4. The molecule has 1 unspecified atom stereocenters. The zero-order valence-corrected chi connectivity index (χ0v) is 14.1. The Morgan fingerprint density at radius 2 is 2.15 bits per heavy atom. The van der Waals surface area contributed by atoms with Gasteiger partial charge in [0.1, 0.15) is 0 Å². The number of hydrogen-bond donors (Lipinski definition) is 1. The largest absolute Gasteiger partial charge is 0.310 e. The highest BCUT2D eigenvalue weighted by Crippen LogP contribution is 2.43. The Morgan fingerprint density at radius 3 is 3.00 bits per heavy atom. The van der Waals surface area contributed by atoms with E-state index in [2.05, 4.69) is 40.3 Å². The van der Waals surface area contributed by atoms with Gasteiger partial charge in [-0.05, 0) is 68.9 Å². The van der Waals surface area contributed by atoms with Crippen molar-refractivity contribution in [3.8, 4) is 0 Å². The van der Waals surface area contributed by atoms with Crippen molar-refractivity contribution in [1.82, 2.24) is 10.2 Å². The van der Waals surface area contributed by atoms with Gasteiger partial charge in [0.05, 0.1) is 4.21 Å². The number of fused-ring (bicyclic) bond motifs is 1. The second kappa shape index (κ2) is 7.30. The molecule has 0 spiro atoms. The molecule has 1 saturated heterocycles. The van der Waals surface area contributed by atoms with Gasteiger partial charge in [-0.2, -0.15) is 0 Å². The summed E-state index contributed by atoms with van der Waals surface area (Å²) in [4.78, 5) is 2.64. The predicted molar refractivity (Wildman–Crippen MR) is 89.9 cm³/mol. The summed E-state index contributed by atoms with van der Waals surface area (Å²) in [5.74, 6) is 0. The number of nitrogens with one attached hydrogen (secondary N) is 1. The van der Waals surface area contributed by atoms with Crippen LogP contribution in [0.4, 0.5) is 0 Å². The van der Waals surface area contributed by atoms with Gasteiger partial charge < -0.3 is 10.2 Å². The van der Waals surface area contributed by atoms with Gasteiger partial charge in [0.15, 0.2) is 0 Å². The number of hydrogen-bond acceptors (Lipinski definition) is 4. The first-order valence-electron chi connectivity index (χ1n) is 8.03. The van der Waals surface area contributed by atoms with Gasteiger partial charge in [-0.15, -0.1) is 23.1 Å². The van der Waals surface area contributed by atoms with Crippen LogP contribution in [0.5, 0.6) is 0 Å². The molecule has 1 N–H and O–H groups in total. The van der Waals surface area contributed by atoms with Crippen LogP contribution in [0, 0.1) is 0 Å². The highest BCUT2D eigenvalue weighted by Gasteiger charge is 2.25. The molecule has 4 heteroatoms. The molecule has 112 valence electrons. The number of thioether (sulfide) groups is 1. The van der Waals surface area contributed by atoms with Crippen LogP contribution in [-0.2, 0) is 0 Å². The molecular formula is C16H26N2S2. The molecule has 0 amide bonds. The summed E-state index contributed by atoms with van der Waals surface area (Å²) in [5, 5.41) is 6.80. The van der Waals surface area contributed by atoms with E-state index in [4.69, 9.17) is 0 Å². The number of piperidine rings is 1. The van der Waals surface area contributed by atoms with Gasteiger partial charge in [-0.1, -0.05) is 13.3 Å². The molecule has 0 bridgehead atoms. The Labute approximate surface area is 131 Å². The standard InChI is InChI=1S/C16H26N2S2/c1-13-12-15(14-6-11-19-16(14)20-13)17-7-5-10-18-8-3-2-4-9-18/h6,11,13,15,17H,2-5,7-10,12H2,1H3/t13-,15?/m0/s1. The van der Waals surface area contributed by atoms with Crippen LogP contribution in [0.3, 0.4) is 0 Å². The lowest BCUT2D eigenvalue weighted by molar-refractivity contribution is 0.224. The van der Waals surface area contributed by atoms with Gasteiger partial charge in [-0.3, -0.25) is 0 Å². The molecule has 1 aromatic rings. The molecule has 2 atom stereocenters. The second-order valence-electron chi connectivity index (χ2n) is 6.09. The van der Waals surface area contributed by atoms with Crippen molar-refractivity contribution < 1.29 is 0 Å². The second-order valence-corrected chi connectivity index (χ2v) is 8.71. The van der Waals surface area contributed by atoms with Crippen molar-refractivity contribution in [2.75, 3.05) is 26.2 Å². The van der Waals surface area contributed by atoms with E-state index in [9.17, 15) is 0 Å². The molecular weight excluding hydrogens is 284 g/mol. The van der Waals surface area contributed by atoms with Crippen LogP contribution in [0.15, 0.2) is 15.7 Å². The molecule has 2 aliphatic heterocycles. The minimum Gasteiger partial charge on any atom is -0.310 e. The summed E-state index contributed by atoms with van der Waals surface area (Å²) in [5.41, 5.74) is 1.55. The lowest BCUT2D eigenvalue weighted by Crippen LogP contribution is -2.33. The fourth-order valence-electron chi connectivity index (χ4n) is 3.30. The van der Waals surface area contributed by atoms with E-state index in [1.54, 1.807) is 5.56 Å². The third-order valence-electron chi connectivity index (χ3n) is 4.40. The third-order valence-corrected chi connectivity index (χ3v) is 6.74. The molecule has 0 saturated carbocycles. The molecule has 3 heterocycles. The molecule has 1 fully saturated rings. The van der Waals surface area contributed by atoms with Gasteiger partial charge in [0.2, 0.25) is 0 Å².